The molecule has 0 saturated heterocycles. The van der Waals surface area contributed by atoms with E-state index in [1.54, 1.807) is 36.4 Å². The second-order valence-electron chi connectivity index (χ2n) is 5.50. The number of aromatic amines is 1. The Balaban J connectivity index is 1.69. The highest BCUT2D eigenvalue weighted by atomic mass is 16.3. The number of aromatic hydroxyl groups is 1. The van der Waals surface area contributed by atoms with Crippen LogP contribution >= 0.6 is 0 Å². The molecule has 1 atom stereocenters. The number of nitrogens with one attached hydrogen (secondary N) is 2. The van der Waals surface area contributed by atoms with Crippen LogP contribution in [0, 0.1) is 0 Å². The van der Waals surface area contributed by atoms with Crippen LogP contribution in [0.25, 0.3) is 5.69 Å². The van der Waals surface area contributed by atoms with Crippen molar-refractivity contribution in [3.63, 3.8) is 0 Å². The summed E-state index contributed by atoms with van der Waals surface area (Å²) in [6, 6.07) is 16.2. The van der Waals surface area contributed by atoms with Crippen molar-refractivity contribution < 1.29 is 15.0 Å². The zero-order valence-electron chi connectivity index (χ0n) is 13.2. The Morgan fingerprint density at radius 3 is 2.60 bits per heavy atom. The van der Waals surface area contributed by atoms with E-state index >= 15 is 0 Å². The van der Waals surface area contributed by atoms with Crippen LogP contribution in [0.2, 0.25) is 0 Å². The van der Waals surface area contributed by atoms with Crippen LogP contribution < -0.4 is 10.9 Å². The maximum Gasteiger partial charge on any atom is 0.271 e. The molecule has 0 fully saturated rings. The molecule has 0 bridgehead atoms. The largest absolute Gasteiger partial charge is 0.508 e. The van der Waals surface area contributed by atoms with Crippen molar-refractivity contribution in [2.75, 3.05) is 6.54 Å². The fourth-order valence-corrected chi connectivity index (χ4v) is 2.42. The fraction of sp³-hybridized carbons (Fsp3) is 0.111. The Morgan fingerprint density at radius 1 is 1.12 bits per heavy atom. The van der Waals surface area contributed by atoms with Gasteiger partial charge in [-0.05, 0) is 29.8 Å². The zero-order valence-corrected chi connectivity index (χ0v) is 13.2. The molecule has 0 saturated carbocycles. The number of hydrogen-bond acceptors (Lipinski definition) is 4. The lowest BCUT2D eigenvalue weighted by atomic mass is 10.1. The zero-order chi connectivity index (χ0) is 17.8. The molecular weight excluding hydrogens is 322 g/mol. The van der Waals surface area contributed by atoms with Crippen LogP contribution in [0.4, 0.5) is 0 Å². The summed E-state index contributed by atoms with van der Waals surface area (Å²) in [4.78, 5) is 24.2. The number of rotatable bonds is 5. The Kier molecular flexibility index (Phi) is 4.67. The van der Waals surface area contributed by atoms with Gasteiger partial charge in [-0.1, -0.05) is 30.3 Å². The van der Waals surface area contributed by atoms with Gasteiger partial charge in [0.2, 0.25) is 0 Å². The summed E-state index contributed by atoms with van der Waals surface area (Å²) in [6.45, 7) is -0.0547. The van der Waals surface area contributed by atoms with E-state index in [0.29, 0.717) is 11.3 Å². The van der Waals surface area contributed by atoms with E-state index in [9.17, 15) is 19.8 Å². The molecule has 0 aliphatic rings. The standard InChI is InChI=1S/C18H17N3O4/c22-14-8-4-5-12(9-14)16(23)11-19-18(25)15-10-17(24)21(20-15)13-6-2-1-3-7-13/h1-10,16,20,22-23H,11H2,(H,19,25). The molecule has 0 aliphatic heterocycles. The van der Waals surface area contributed by atoms with Crippen LogP contribution in [-0.2, 0) is 0 Å². The average Bonchev–Trinajstić information content (AvgIpc) is 3.02. The number of phenolic OH excluding ortho intramolecular Hbond substituents is 1. The van der Waals surface area contributed by atoms with E-state index in [-0.39, 0.29) is 23.5 Å². The first-order valence-corrected chi connectivity index (χ1v) is 7.67. The number of H-pyrrole nitrogens is 1. The van der Waals surface area contributed by atoms with Gasteiger partial charge in [0.05, 0.1) is 11.8 Å². The van der Waals surface area contributed by atoms with Gasteiger partial charge in [-0.15, -0.1) is 0 Å². The van der Waals surface area contributed by atoms with Crippen LogP contribution in [0.15, 0.2) is 65.5 Å². The number of amides is 1. The van der Waals surface area contributed by atoms with Crippen LogP contribution in [0.3, 0.4) is 0 Å². The minimum Gasteiger partial charge on any atom is -0.508 e. The highest BCUT2D eigenvalue weighted by Gasteiger charge is 2.14. The summed E-state index contributed by atoms with van der Waals surface area (Å²) < 4.78 is 1.26. The molecule has 1 heterocycles. The van der Waals surface area contributed by atoms with E-state index in [0.717, 1.165) is 0 Å². The molecular formula is C18H17N3O4. The van der Waals surface area contributed by atoms with Gasteiger partial charge in [-0.2, -0.15) is 0 Å². The van der Waals surface area contributed by atoms with Gasteiger partial charge in [0, 0.05) is 12.6 Å². The maximum atomic E-state index is 12.2. The summed E-state index contributed by atoms with van der Waals surface area (Å²) in [5, 5.41) is 24.8. The molecule has 128 valence electrons. The first-order valence-electron chi connectivity index (χ1n) is 7.67. The number of phenols is 1. The third-order valence-electron chi connectivity index (χ3n) is 3.69. The first kappa shape index (κ1) is 16.5. The number of benzene rings is 2. The topological polar surface area (TPSA) is 107 Å². The van der Waals surface area contributed by atoms with Crippen LogP contribution in [0.1, 0.15) is 22.2 Å². The van der Waals surface area contributed by atoms with Crippen molar-refractivity contribution in [1.82, 2.24) is 15.1 Å². The minimum absolute atomic E-state index is 0.0344. The number of aliphatic hydroxyl groups excluding tert-OH is 1. The molecule has 2 aromatic carbocycles. The number of aromatic nitrogens is 2. The van der Waals surface area contributed by atoms with Crippen molar-refractivity contribution in [2.45, 2.75) is 6.10 Å². The normalized spacial score (nSPS) is 11.9. The molecule has 7 nitrogen and oxygen atoms in total. The predicted octanol–water partition coefficient (Wildman–Crippen LogP) is 1.33. The van der Waals surface area contributed by atoms with Crippen molar-refractivity contribution in [1.29, 1.82) is 0 Å². The third kappa shape index (κ3) is 3.78. The quantitative estimate of drug-likeness (QED) is 0.562. The van der Waals surface area contributed by atoms with E-state index in [2.05, 4.69) is 10.4 Å². The first-order chi connectivity index (χ1) is 12.0. The molecule has 0 aliphatic carbocycles. The summed E-state index contributed by atoms with van der Waals surface area (Å²) in [7, 11) is 0. The smallest absolute Gasteiger partial charge is 0.271 e. The lowest BCUT2D eigenvalue weighted by Gasteiger charge is -2.12. The summed E-state index contributed by atoms with van der Waals surface area (Å²) in [5.41, 5.74) is 0.837. The second kappa shape index (κ2) is 7.06. The lowest BCUT2D eigenvalue weighted by molar-refractivity contribution is 0.0911. The summed E-state index contributed by atoms with van der Waals surface area (Å²) in [6.07, 6.45) is -0.973. The molecule has 25 heavy (non-hydrogen) atoms. The van der Waals surface area contributed by atoms with Crippen LogP contribution in [-0.4, -0.2) is 32.4 Å². The lowest BCUT2D eigenvalue weighted by Crippen LogP contribution is -2.28. The highest BCUT2D eigenvalue weighted by molar-refractivity contribution is 5.92. The van der Waals surface area contributed by atoms with Crippen molar-refractivity contribution in [3.8, 4) is 11.4 Å². The molecule has 1 amide bonds. The van der Waals surface area contributed by atoms with Gasteiger partial charge in [-0.3, -0.25) is 14.7 Å². The average molecular weight is 339 g/mol. The monoisotopic (exact) mass is 339 g/mol. The van der Waals surface area contributed by atoms with Crippen molar-refractivity contribution in [2.24, 2.45) is 0 Å². The van der Waals surface area contributed by atoms with Gasteiger partial charge >= 0.3 is 0 Å². The number of nitrogens with zero attached hydrogens (tertiary/aromatic N) is 1. The van der Waals surface area contributed by atoms with Crippen molar-refractivity contribution in [3.05, 3.63) is 82.3 Å². The number of carbonyl (C=O) groups excluding carboxylic acids is 1. The summed E-state index contributed by atoms with van der Waals surface area (Å²) in [5.74, 6) is -0.474. The molecule has 0 radical (unpaired) electrons. The van der Waals surface area contributed by atoms with E-state index in [1.807, 2.05) is 6.07 Å². The van der Waals surface area contributed by atoms with E-state index in [4.69, 9.17) is 0 Å². The molecule has 4 N–H and O–H groups in total. The molecule has 7 heteroatoms. The van der Waals surface area contributed by atoms with Crippen LogP contribution in [0.5, 0.6) is 5.75 Å². The van der Waals surface area contributed by atoms with Gasteiger partial charge in [0.25, 0.3) is 11.5 Å². The third-order valence-corrected chi connectivity index (χ3v) is 3.69. The highest BCUT2D eigenvalue weighted by Crippen LogP contribution is 2.17. The number of aliphatic hydroxyl groups is 1. The molecule has 1 unspecified atom stereocenters. The maximum absolute atomic E-state index is 12.2. The number of para-hydroxylation sites is 1. The minimum atomic E-state index is -0.973. The molecule has 3 aromatic rings. The molecule has 1 aromatic heterocycles. The van der Waals surface area contributed by atoms with Crippen molar-refractivity contribution >= 4 is 5.91 Å². The van der Waals surface area contributed by atoms with Gasteiger partial charge in [-0.25, -0.2) is 4.68 Å². The SMILES string of the molecule is O=C(NCC(O)c1cccc(O)c1)c1cc(=O)n(-c2ccccc2)[nH]1. The van der Waals surface area contributed by atoms with Gasteiger partial charge in [0.15, 0.2) is 0 Å². The predicted molar refractivity (Wildman–Crippen MR) is 91.8 cm³/mol. The Hall–Kier alpha value is -3.32. The number of carbonyl (C=O) groups is 1. The van der Waals surface area contributed by atoms with Gasteiger partial charge < -0.3 is 15.5 Å². The van der Waals surface area contributed by atoms with E-state index < -0.39 is 12.0 Å². The van der Waals surface area contributed by atoms with E-state index in [1.165, 1.54) is 22.9 Å². The molecule has 0 spiro atoms. The fourth-order valence-electron chi connectivity index (χ4n) is 2.42. The van der Waals surface area contributed by atoms with Gasteiger partial charge in [0.1, 0.15) is 11.4 Å². The Morgan fingerprint density at radius 2 is 1.88 bits per heavy atom. The Bertz CT molecular complexity index is 931. The second-order valence-corrected chi connectivity index (χ2v) is 5.50. The number of hydrogen-bond donors (Lipinski definition) is 4. The summed E-state index contributed by atoms with van der Waals surface area (Å²) >= 11 is 0. The Labute approximate surface area is 143 Å². The molecule has 3 rings (SSSR count).